The highest BCUT2D eigenvalue weighted by atomic mass is 16.6. The SMILES string of the molecule is CC[C@H](NC(=O)OC(C)(C)C)C(O)c1nc2ccccc2o1. The fraction of sp³-hybridized carbons (Fsp3) is 0.500. The highest BCUT2D eigenvalue weighted by Crippen LogP contribution is 2.23. The van der Waals surface area contributed by atoms with Crippen LogP contribution in [0, 0.1) is 0 Å². The van der Waals surface area contributed by atoms with Crippen molar-refractivity contribution in [3.63, 3.8) is 0 Å². The van der Waals surface area contributed by atoms with Crippen molar-refractivity contribution in [2.45, 2.75) is 51.9 Å². The number of ether oxygens (including phenoxy) is 1. The van der Waals surface area contributed by atoms with Gasteiger partial charge in [0.1, 0.15) is 11.1 Å². The van der Waals surface area contributed by atoms with Gasteiger partial charge in [0.05, 0.1) is 6.04 Å². The lowest BCUT2D eigenvalue weighted by molar-refractivity contribution is 0.0387. The number of amides is 1. The van der Waals surface area contributed by atoms with E-state index in [0.29, 0.717) is 17.5 Å². The van der Waals surface area contributed by atoms with E-state index in [2.05, 4.69) is 10.3 Å². The number of aliphatic hydroxyl groups is 1. The normalized spacial score (nSPS) is 14.6. The molecule has 0 aliphatic carbocycles. The maximum atomic E-state index is 11.8. The molecule has 2 rings (SSSR count). The molecule has 0 saturated carbocycles. The summed E-state index contributed by atoms with van der Waals surface area (Å²) in [5.74, 6) is 0.184. The molecule has 1 aromatic heterocycles. The van der Waals surface area contributed by atoms with Gasteiger partial charge in [0.25, 0.3) is 0 Å². The van der Waals surface area contributed by atoms with Gasteiger partial charge >= 0.3 is 6.09 Å². The van der Waals surface area contributed by atoms with Crippen molar-refractivity contribution >= 4 is 17.2 Å². The molecule has 0 radical (unpaired) electrons. The molecular weight excluding hydrogens is 284 g/mol. The standard InChI is InChI=1S/C16H22N2O4/c1-5-10(18-15(20)22-16(2,3)4)13(19)14-17-11-8-6-7-9-12(11)21-14/h6-10,13,19H,5H2,1-4H3,(H,18,20)/t10-,13?/m0/s1. The summed E-state index contributed by atoms with van der Waals surface area (Å²) in [7, 11) is 0. The first-order valence-corrected chi connectivity index (χ1v) is 7.33. The first kappa shape index (κ1) is 16.3. The number of benzene rings is 1. The largest absolute Gasteiger partial charge is 0.444 e. The van der Waals surface area contributed by atoms with Crippen LogP contribution in [0.5, 0.6) is 0 Å². The lowest BCUT2D eigenvalue weighted by atomic mass is 10.1. The molecular formula is C16H22N2O4. The average Bonchev–Trinajstić information content (AvgIpc) is 2.86. The van der Waals surface area contributed by atoms with Crippen molar-refractivity contribution in [1.29, 1.82) is 0 Å². The van der Waals surface area contributed by atoms with Crippen LogP contribution in [0.3, 0.4) is 0 Å². The van der Waals surface area contributed by atoms with E-state index in [1.165, 1.54) is 0 Å². The second-order valence-corrected chi connectivity index (χ2v) is 6.13. The molecule has 22 heavy (non-hydrogen) atoms. The van der Waals surface area contributed by atoms with E-state index >= 15 is 0 Å². The molecule has 6 heteroatoms. The zero-order chi connectivity index (χ0) is 16.3. The molecule has 6 nitrogen and oxygen atoms in total. The van der Waals surface area contributed by atoms with Crippen LogP contribution in [0.1, 0.15) is 46.1 Å². The van der Waals surface area contributed by atoms with Gasteiger partial charge in [0.15, 0.2) is 11.7 Å². The molecule has 0 fully saturated rings. The van der Waals surface area contributed by atoms with Crippen molar-refractivity contribution in [3.05, 3.63) is 30.2 Å². The number of fused-ring (bicyclic) bond motifs is 1. The van der Waals surface area contributed by atoms with Crippen LogP contribution in [0.15, 0.2) is 28.7 Å². The summed E-state index contributed by atoms with van der Waals surface area (Å²) in [6.07, 6.45) is -1.10. The molecule has 2 atom stereocenters. The summed E-state index contributed by atoms with van der Waals surface area (Å²) in [6, 6.07) is 6.72. The molecule has 2 N–H and O–H groups in total. The number of aliphatic hydroxyl groups excluding tert-OH is 1. The number of carbonyl (C=O) groups is 1. The predicted molar refractivity (Wildman–Crippen MR) is 82.4 cm³/mol. The predicted octanol–water partition coefficient (Wildman–Crippen LogP) is 3.16. The Labute approximate surface area is 129 Å². The van der Waals surface area contributed by atoms with Crippen molar-refractivity contribution < 1.29 is 19.1 Å². The minimum Gasteiger partial charge on any atom is -0.444 e. The van der Waals surface area contributed by atoms with Crippen LogP contribution in [0.4, 0.5) is 4.79 Å². The number of hydrogen-bond acceptors (Lipinski definition) is 5. The number of nitrogens with one attached hydrogen (secondary N) is 1. The van der Waals surface area contributed by atoms with Gasteiger partial charge in [0.2, 0.25) is 5.89 Å². The Kier molecular flexibility index (Phi) is 4.71. The fourth-order valence-electron chi connectivity index (χ4n) is 2.05. The monoisotopic (exact) mass is 306 g/mol. The first-order valence-electron chi connectivity index (χ1n) is 7.33. The Bertz CT molecular complexity index is 612. The Morgan fingerprint density at radius 1 is 1.41 bits per heavy atom. The Balaban J connectivity index is 2.11. The van der Waals surface area contributed by atoms with Gasteiger partial charge in [-0.25, -0.2) is 9.78 Å². The molecule has 0 aliphatic rings. The number of hydrogen-bond donors (Lipinski definition) is 2. The molecule has 1 unspecified atom stereocenters. The highest BCUT2D eigenvalue weighted by Gasteiger charge is 2.27. The molecule has 0 saturated heterocycles. The molecule has 2 aromatic rings. The zero-order valence-electron chi connectivity index (χ0n) is 13.3. The summed E-state index contributed by atoms with van der Waals surface area (Å²) >= 11 is 0. The van der Waals surface area contributed by atoms with Gasteiger partial charge in [-0.3, -0.25) is 0 Å². The first-order chi connectivity index (χ1) is 10.3. The van der Waals surface area contributed by atoms with E-state index in [0.717, 1.165) is 0 Å². The van der Waals surface area contributed by atoms with Crippen LogP contribution in [-0.4, -0.2) is 27.8 Å². The van der Waals surface area contributed by atoms with Crippen LogP contribution >= 0.6 is 0 Å². The molecule has 0 spiro atoms. The Morgan fingerprint density at radius 2 is 2.09 bits per heavy atom. The maximum Gasteiger partial charge on any atom is 0.407 e. The van der Waals surface area contributed by atoms with Gasteiger partial charge in [-0.2, -0.15) is 0 Å². The van der Waals surface area contributed by atoms with Gasteiger partial charge in [-0.15, -0.1) is 0 Å². The molecule has 0 bridgehead atoms. The van der Waals surface area contributed by atoms with Crippen molar-refractivity contribution in [1.82, 2.24) is 10.3 Å². The molecule has 0 aliphatic heterocycles. The van der Waals surface area contributed by atoms with E-state index in [1.807, 2.05) is 19.1 Å². The Hall–Kier alpha value is -2.08. The van der Waals surface area contributed by atoms with E-state index in [9.17, 15) is 9.90 Å². The second kappa shape index (κ2) is 6.36. The van der Waals surface area contributed by atoms with Crippen LogP contribution in [0.2, 0.25) is 0 Å². The van der Waals surface area contributed by atoms with Gasteiger partial charge in [-0.05, 0) is 39.3 Å². The number of aromatic nitrogens is 1. The van der Waals surface area contributed by atoms with Crippen LogP contribution in [-0.2, 0) is 4.74 Å². The lowest BCUT2D eigenvalue weighted by Crippen LogP contribution is -2.42. The number of nitrogens with zero attached hydrogens (tertiary/aromatic N) is 1. The lowest BCUT2D eigenvalue weighted by Gasteiger charge is -2.24. The average molecular weight is 306 g/mol. The molecule has 1 heterocycles. The third kappa shape index (κ3) is 3.98. The van der Waals surface area contributed by atoms with E-state index in [-0.39, 0.29) is 5.89 Å². The number of alkyl carbamates (subject to hydrolysis) is 1. The minimum atomic E-state index is -1.04. The van der Waals surface area contributed by atoms with E-state index in [4.69, 9.17) is 9.15 Å². The topological polar surface area (TPSA) is 84.6 Å². The Morgan fingerprint density at radius 3 is 2.68 bits per heavy atom. The summed E-state index contributed by atoms with van der Waals surface area (Å²) in [4.78, 5) is 16.1. The highest BCUT2D eigenvalue weighted by molar-refractivity contribution is 5.72. The van der Waals surface area contributed by atoms with Crippen LogP contribution < -0.4 is 5.32 Å². The fourth-order valence-corrected chi connectivity index (χ4v) is 2.05. The van der Waals surface area contributed by atoms with Crippen molar-refractivity contribution in [2.75, 3.05) is 0 Å². The summed E-state index contributed by atoms with van der Waals surface area (Å²) in [6.45, 7) is 7.20. The summed E-state index contributed by atoms with van der Waals surface area (Å²) < 4.78 is 10.7. The third-order valence-corrected chi connectivity index (χ3v) is 3.09. The molecule has 1 amide bonds. The number of rotatable bonds is 4. The smallest absolute Gasteiger partial charge is 0.407 e. The quantitative estimate of drug-likeness (QED) is 0.906. The van der Waals surface area contributed by atoms with E-state index < -0.39 is 23.8 Å². The zero-order valence-corrected chi connectivity index (χ0v) is 13.3. The third-order valence-electron chi connectivity index (χ3n) is 3.09. The molecule has 1 aromatic carbocycles. The minimum absolute atomic E-state index is 0.184. The summed E-state index contributed by atoms with van der Waals surface area (Å²) in [5, 5.41) is 13.1. The maximum absolute atomic E-state index is 11.8. The number of carbonyl (C=O) groups excluding carboxylic acids is 1. The van der Waals surface area contributed by atoms with Gasteiger partial charge < -0.3 is 19.6 Å². The molecule has 120 valence electrons. The number of para-hydroxylation sites is 2. The van der Waals surface area contributed by atoms with Gasteiger partial charge in [-0.1, -0.05) is 19.1 Å². The second-order valence-electron chi connectivity index (χ2n) is 6.13. The van der Waals surface area contributed by atoms with Crippen LogP contribution in [0.25, 0.3) is 11.1 Å². The van der Waals surface area contributed by atoms with Crippen molar-refractivity contribution in [3.8, 4) is 0 Å². The van der Waals surface area contributed by atoms with E-state index in [1.54, 1.807) is 32.9 Å². The van der Waals surface area contributed by atoms with Crippen molar-refractivity contribution in [2.24, 2.45) is 0 Å². The van der Waals surface area contributed by atoms with Gasteiger partial charge in [0, 0.05) is 0 Å². The summed E-state index contributed by atoms with van der Waals surface area (Å²) in [5.41, 5.74) is 0.678. The number of oxazole rings is 1.